The molecule has 3 fully saturated rings. The highest BCUT2D eigenvalue weighted by atomic mass is 16.8. The topological polar surface area (TPSA) is 307 Å². The van der Waals surface area contributed by atoms with Crippen molar-refractivity contribution in [2.75, 3.05) is 26.4 Å². The van der Waals surface area contributed by atoms with Gasteiger partial charge in [0.15, 0.2) is 18.9 Å². The van der Waals surface area contributed by atoms with Crippen LogP contribution in [0.3, 0.4) is 0 Å². The molecule has 430 valence electrons. The van der Waals surface area contributed by atoms with Gasteiger partial charge < -0.3 is 89.9 Å². The SMILES string of the molecule is CC/C=C\C/C=C\C/C=C\C/C=C\CCCCC(=O)NC(COC1OC(CO)C(OC2OC(CO)C(OC3OC(CO)C(O)C(O)C3O)C(O)C2O)C(O)C1O)C(O)/C=C/CC/C=C/CC/C=C/CCCCCCC. The van der Waals surface area contributed by atoms with Gasteiger partial charge in [0.1, 0.15) is 73.2 Å². The van der Waals surface area contributed by atoms with Crippen LogP contribution in [-0.4, -0.2) is 193 Å². The molecule has 17 unspecified atom stereocenters. The first-order valence-electron chi connectivity index (χ1n) is 27.3. The van der Waals surface area contributed by atoms with E-state index in [1.807, 2.05) is 0 Å². The summed E-state index contributed by atoms with van der Waals surface area (Å²) < 4.78 is 34.1. The zero-order valence-electron chi connectivity index (χ0n) is 44.2. The number of aliphatic hydroxyl groups excluding tert-OH is 11. The van der Waals surface area contributed by atoms with Crippen molar-refractivity contribution in [1.82, 2.24) is 5.32 Å². The molecule has 0 aliphatic carbocycles. The van der Waals surface area contributed by atoms with E-state index in [9.17, 15) is 61.0 Å². The number of hydrogen-bond acceptors (Lipinski definition) is 18. The summed E-state index contributed by atoms with van der Waals surface area (Å²) in [6.07, 6.45) is 18.7. The summed E-state index contributed by atoms with van der Waals surface area (Å²) in [6, 6.07) is -1.02. The Labute approximate surface area is 444 Å². The quantitative estimate of drug-likeness (QED) is 0.0314. The van der Waals surface area contributed by atoms with E-state index in [1.165, 1.54) is 32.1 Å². The summed E-state index contributed by atoms with van der Waals surface area (Å²) in [5, 5.41) is 120. The van der Waals surface area contributed by atoms with E-state index in [-0.39, 0.29) is 12.3 Å². The Bertz CT molecular complexity index is 1700. The summed E-state index contributed by atoms with van der Waals surface area (Å²) in [5.74, 6) is -0.336. The lowest BCUT2D eigenvalue weighted by Gasteiger charge is -2.48. The Balaban J connectivity index is 1.58. The minimum absolute atomic E-state index is 0.174. The first kappa shape index (κ1) is 66.3. The fourth-order valence-corrected chi connectivity index (χ4v) is 8.62. The number of rotatable bonds is 37. The Morgan fingerprint density at radius 1 is 0.493 bits per heavy atom. The molecule has 19 nitrogen and oxygen atoms in total. The zero-order chi connectivity index (χ0) is 54.8. The molecule has 3 aliphatic heterocycles. The molecule has 3 aliphatic rings. The molecule has 3 saturated heterocycles. The number of hydrogen-bond donors (Lipinski definition) is 12. The standard InChI is InChI=1S/C56H93NO18/c1-3-5-7-9-11-13-15-17-19-21-23-25-27-29-31-33-40(61)39(57-44(62)34-32-30-28-26-24-22-20-18-16-14-12-10-8-6-4-2)38-70-54-50(68)47(65)52(42(36-59)72-54)75-56-51(69)48(66)53(43(37-60)73-56)74-55-49(67)46(64)45(63)41(35-58)71-55/h6,8,12,14-15,17-18,20,23-26,31,33,39-43,45-56,58-61,63-69H,3-5,7,9-11,13,16,19,21-22,27-30,32,34-38H2,1-2H3,(H,57,62)/b8-6-,14-12-,17-15+,20-18-,25-23+,26-24-,33-31+. The Hall–Kier alpha value is -3.03. The smallest absolute Gasteiger partial charge is 0.220 e. The lowest BCUT2D eigenvalue weighted by Crippen LogP contribution is -2.66. The number of aliphatic hydroxyl groups is 11. The van der Waals surface area contributed by atoms with Crippen LogP contribution in [0.5, 0.6) is 0 Å². The van der Waals surface area contributed by atoms with Gasteiger partial charge in [-0.05, 0) is 83.5 Å². The summed E-state index contributed by atoms with van der Waals surface area (Å²) in [4.78, 5) is 13.2. The van der Waals surface area contributed by atoms with Crippen LogP contribution in [0.1, 0.15) is 129 Å². The fraction of sp³-hybridized carbons (Fsp3) is 0.732. The van der Waals surface area contributed by atoms with E-state index in [4.69, 9.17) is 28.4 Å². The third-order valence-electron chi connectivity index (χ3n) is 13.2. The maximum atomic E-state index is 13.2. The molecule has 1 amide bonds. The van der Waals surface area contributed by atoms with Crippen LogP contribution in [0.25, 0.3) is 0 Å². The second-order valence-corrected chi connectivity index (χ2v) is 19.3. The van der Waals surface area contributed by atoms with Crippen molar-refractivity contribution in [3.05, 3.63) is 85.1 Å². The third-order valence-corrected chi connectivity index (χ3v) is 13.2. The van der Waals surface area contributed by atoms with Gasteiger partial charge in [-0.1, -0.05) is 125 Å². The lowest BCUT2D eigenvalue weighted by molar-refractivity contribution is -0.379. The second-order valence-electron chi connectivity index (χ2n) is 19.3. The van der Waals surface area contributed by atoms with Crippen molar-refractivity contribution in [2.45, 2.75) is 234 Å². The molecule has 0 saturated carbocycles. The van der Waals surface area contributed by atoms with Crippen LogP contribution < -0.4 is 5.32 Å². The van der Waals surface area contributed by atoms with Gasteiger partial charge in [0, 0.05) is 6.42 Å². The van der Waals surface area contributed by atoms with Crippen LogP contribution in [0, 0.1) is 0 Å². The van der Waals surface area contributed by atoms with Gasteiger partial charge >= 0.3 is 0 Å². The van der Waals surface area contributed by atoms with E-state index < -0.39 is 131 Å². The van der Waals surface area contributed by atoms with Gasteiger partial charge in [-0.3, -0.25) is 4.79 Å². The lowest BCUT2D eigenvalue weighted by atomic mass is 9.96. The minimum atomic E-state index is -1.99. The van der Waals surface area contributed by atoms with E-state index in [0.29, 0.717) is 12.8 Å². The Morgan fingerprint density at radius 2 is 0.933 bits per heavy atom. The number of amides is 1. The van der Waals surface area contributed by atoms with Gasteiger partial charge in [0.25, 0.3) is 0 Å². The van der Waals surface area contributed by atoms with Crippen LogP contribution in [-0.2, 0) is 33.2 Å². The van der Waals surface area contributed by atoms with Crippen molar-refractivity contribution >= 4 is 5.91 Å². The van der Waals surface area contributed by atoms with E-state index in [0.717, 1.165) is 64.2 Å². The van der Waals surface area contributed by atoms with Crippen molar-refractivity contribution in [3.63, 3.8) is 0 Å². The molecule has 75 heavy (non-hydrogen) atoms. The summed E-state index contributed by atoms with van der Waals surface area (Å²) in [5.41, 5.74) is 0. The van der Waals surface area contributed by atoms with Crippen molar-refractivity contribution in [1.29, 1.82) is 0 Å². The molecule has 3 rings (SSSR count). The molecule has 0 aromatic heterocycles. The molecule has 0 aromatic rings. The van der Waals surface area contributed by atoms with Crippen molar-refractivity contribution < 1.29 is 89.4 Å². The Kier molecular flexibility index (Phi) is 34.8. The highest BCUT2D eigenvalue weighted by molar-refractivity contribution is 5.76. The average Bonchev–Trinajstić information content (AvgIpc) is 3.41. The molecule has 17 atom stereocenters. The summed E-state index contributed by atoms with van der Waals surface area (Å²) in [7, 11) is 0. The molecule has 19 heteroatoms. The van der Waals surface area contributed by atoms with Crippen molar-refractivity contribution in [3.8, 4) is 0 Å². The average molecular weight is 1070 g/mol. The van der Waals surface area contributed by atoms with Gasteiger partial charge in [-0.2, -0.15) is 0 Å². The van der Waals surface area contributed by atoms with E-state index in [2.05, 4.69) is 92.1 Å². The zero-order valence-corrected chi connectivity index (χ0v) is 44.2. The normalized spacial score (nSPS) is 31.9. The minimum Gasteiger partial charge on any atom is -0.394 e. The first-order chi connectivity index (χ1) is 36.3. The third kappa shape index (κ3) is 24.3. The largest absolute Gasteiger partial charge is 0.394 e. The molecular formula is C56H93NO18. The molecule has 3 heterocycles. The monoisotopic (exact) mass is 1070 g/mol. The van der Waals surface area contributed by atoms with Crippen LogP contribution in [0.4, 0.5) is 0 Å². The number of allylic oxidation sites excluding steroid dienone is 13. The summed E-state index contributed by atoms with van der Waals surface area (Å²) in [6.45, 7) is 1.48. The molecule has 0 radical (unpaired) electrons. The second kappa shape index (κ2) is 39.3. The molecular weight excluding hydrogens is 975 g/mol. The highest BCUT2D eigenvalue weighted by Crippen LogP contribution is 2.33. The number of nitrogens with one attached hydrogen (secondary N) is 1. The van der Waals surface area contributed by atoms with E-state index in [1.54, 1.807) is 12.2 Å². The first-order valence-corrected chi connectivity index (χ1v) is 27.3. The van der Waals surface area contributed by atoms with Gasteiger partial charge in [-0.25, -0.2) is 0 Å². The number of ether oxygens (including phenoxy) is 6. The van der Waals surface area contributed by atoms with E-state index >= 15 is 0 Å². The van der Waals surface area contributed by atoms with Crippen LogP contribution >= 0.6 is 0 Å². The van der Waals surface area contributed by atoms with Crippen LogP contribution in [0.15, 0.2) is 85.1 Å². The number of carbonyl (C=O) groups excluding carboxylic acids is 1. The fourth-order valence-electron chi connectivity index (χ4n) is 8.62. The van der Waals surface area contributed by atoms with Crippen LogP contribution in [0.2, 0.25) is 0 Å². The molecule has 0 spiro atoms. The number of unbranched alkanes of at least 4 members (excludes halogenated alkanes) is 9. The van der Waals surface area contributed by atoms with Gasteiger partial charge in [0.2, 0.25) is 5.91 Å². The number of carbonyl (C=O) groups is 1. The van der Waals surface area contributed by atoms with Gasteiger partial charge in [0.05, 0.1) is 38.6 Å². The predicted octanol–water partition coefficient (Wildman–Crippen LogP) is 3.25. The maximum Gasteiger partial charge on any atom is 0.220 e. The molecule has 0 bridgehead atoms. The van der Waals surface area contributed by atoms with Crippen molar-refractivity contribution in [2.24, 2.45) is 0 Å². The molecule has 12 N–H and O–H groups in total. The maximum absolute atomic E-state index is 13.2. The molecule has 0 aromatic carbocycles. The highest BCUT2D eigenvalue weighted by Gasteiger charge is 2.53. The van der Waals surface area contributed by atoms with Gasteiger partial charge in [-0.15, -0.1) is 0 Å². The predicted molar refractivity (Wildman–Crippen MR) is 281 cm³/mol. The summed E-state index contributed by atoms with van der Waals surface area (Å²) >= 11 is 0. The Morgan fingerprint density at radius 3 is 1.48 bits per heavy atom.